The molecule has 0 N–H and O–H groups in total. The first-order valence-electron chi connectivity index (χ1n) is 11.6. The number of hydrogen-bond donors (Lipinski definition) is 0. The lowest BCUT2D eigenvalue weighted by molar-refractivity contribution is 0.0748. The number of para-hydroxylation sites is 1. The molecule has 1 saturated heterocycles. The zero-order chi connectivity index (χ0) is 22.9. The lowest BCUT2D eigenvalue weighted by atomic mass is 10.0. The summed E-state index contributed by atoms with van der Waals surface area (Å²) >= 11 is 0. The molecule has 0 bridgehead atoms. The predicted octanol–water partition coefficient (Wildman–Crippen LogP) is 5.79. The lowest BCUT2D eigenvalue weighted by Gasteiger charge is -2.37. The van der Waals surface area contributed by atoms with Crippen molar-refractivity contribution < 1.29 is 4.79 Å². The Hall–Kier alpha value is -3.66. The molecule has 1 amide bonds. The van der Waals surface area contributed by atoms with E-state index in [1.54, 1.807) is 0 Å². The summed E-state index contributed by atoms with van der Waals surface area (Å²) in [7, 11) is 0. The van der Waals surface area contributed by atoms with Crippen molar-refractivity contribution >= 4 is 22.5 Å². The maximum Gasteiger partial charge on any atom is 0.254 e. The summed E-state index contributed by atoms with van der Waals surface area (Å²) in [4.78, 5) is 23.1. The standard InChI is InChI=1S/C29H29N3O/c1-20-9-8-14-27(22(20)3)31-15-17-32(18-16-31)29(33)25-19-26(23-11-5-4-6-12-23)30-28-21(2)10-7-13-24(25)28/h4-14,19H,15-18H2,1-3H3. The summed E-state index contributed by atoms with van der Waals surface area (Å²) in [5.74, 6) is 0.0887. The second kappa shape index (κ2) is 8.70. The van der Waals surface area contributed by atoms with Crippen LogP contribution in [0.25, 0.3) is 22.2 Å². The Morgan fingerprint density at radius 3 is 2.24 bits per heavy atom. The number of rotatable bonds is 3. The van der Waals surface area contributed by atoms with Crippen LogP contribution in [-0.4, -0.2) is 42.0 Å². The van der Waals surface area contributed by atoms with Gasteiger partial charge in [0.2, 0.25) is 0 Å². The Morgan fingerprint density at radius 2 is 1.48 bits per heavy atom. The van der Waals surface area contributed by atoms with E-state index in [9.17, 15) is 4.79 Å². The third-order valence-corrected chi connectivity index (χ3v) is 6.82. The molecule has 1 aliphatic heterocycles. The van der Waals surface area contributed by atoms with Gasteiger partial charge in [-0.3, -0.25) is 4.79 Å². The molecule has 0 aliphatic carbocycles. The first kappa shape index (κ1) is 21.2. The van der Waals surface area contributed by atoms with Gasteiger partial charge in [0.15, 0.2) is 0 Å². The van der Waals surface area contributed by atoms with Crippen molar-refractivity contribution in [2.24, 2.45) is 0 Å². The topological polar surface area (TPSA) is 36.4 Å². The maximum atomic E-state index is 13.8. The molecule has 33 heavy (non-hydrogen) atoms. The van der Waals surface area contributed by atoms with Crippen LogP contribution in [0.2, 0.25) is 0 Å². The molecule has 166 valence electrons. The van der Waals surface area contributed by atoms with Gasteiger partial charge in [0.25, 0.3) is 5.91 Å². The predicted molar refractivity (Wildman–Crippen MR) is 136 cm³/mol. The zero-order valence-electron chi connectivity index (χ0n) is 19.5. The molecular weight excluding hydrogens is 406 g/mol. The second-order valence-electron chi connectivity index (χ2n) is 8.89. The minimum absolute atomic E-state index is 0.0887. The molecule has 4 aromatic rings. The Bertz CT molecular complexity index is 1320. The number of nitrogens with zero attached hydrogens (tertiary/aromatic N) is 3. The summed E-state index contributed by atoms with van der Waals surface area (Å²) in [6.45, 7) is 9.48. The number of benzene rings is 3. The van der Waals surface area contributed by atoms with Gasteiger partial charge in [-0.05, 0) is 49.6 Å². The molecule has 4 nitrogen and oxygen atoms in total. The number of aromatic nitrogens is 1. The summed E-state index contributed by atoms with van der Waals surface area (Å²) < 4.78 is 0. The van der Waals surface area contributed by atoms with Gasteiger partial charge in [-0.25, -0.2) is 4.98 Å². The zero-order valence-corrected chi connectivity index (χ0v) is 19.5. The first-order chi connectivity index (χ1) is 16.0. The van der Waals surface area contributed by atoms with E-state index >= 15 is 0 Å². The van der Waals surface area contributed by atoms with Crippen LogP contribution in [0.15, 0.2) is 72.8 Å². The van der Waals surface area contributed by atoms with Crippen LogP contribution < -0.4 is 4.90 Å². The fourth-order valence-electron chi connectivity index (χ4n) is 4.72. The largest absolute Gasteiger partial charge is 0.368 e. The van der Waals surface area contributed by atoms with Crippen LogP contribution in [0.3, 0.4) is 0 Å². The van der Waals surface area contributed by atoms with E-state index < -0.39 is 0 Å². The molecule has 0 radical (unpaired) electrons. The van der Waals surface area contributed by atoms with E-state index in [1.165, 1.54) is 16.8 Å². The molecule has 0 atom stereocenters. The molecule has 1 aliphatic rings. The number of piperazine rings is 1. The van der Waals surface area contributed by atoms with Gasteiger partial charge in [0.1, 0.15) is 0 Å². The minimum atomic E-state index is 0.0887. The average Bonchev–Trinajstić information content (AvgIpc) is 2.86. The van der Waals surface area contributed by atoms with Crippen molar-refractivity contribution in [3.8, 4) is 11.3 Å². The molecule has 5 rings (SSSR count). The van der Waals surface area contributed by atoms with E-state index in [2.05, 4.69) is 49.9 Å². The second-order valence-corrected chi connectivity index (χ2v) is 8.89. The number of amides is 1. The number of pyridine rings is 1. The van der Waals surface area contributed by atoms with Crippen LogP contribution in [0.5, 0.6) is 0 Å². The van der Waals surface area contributed by atoms with Crippen molar-refractivity contribution in [2.45, 2.75) is 20.8 Å². The summed E-state index contributed by atoms with van der Waals surface area (Å²) in [5.41, 5.74) is 8.49. The van der Waals surface area contributed by atoms with Gasteiger partial charge in [-0.2, -0.15) is 0 Å². The van der Waals surface area contributed by atoms with Gasteiger partial charge < -0.3 is 9.80 Å². The minimum Gasteiger partial charge on any atom is -0.368 e. The normalized spacial score (nSPS) is 14.0. The third kappa shape index (κ3) is 3.97. The van der Waals surface area contributed by atoms with Crippen molar-refractivity contribution in [2.75, 3.05) is 31.1 Å². The molecule has 1 fully saturated rings. The van der Waals surface area contributed by atoms with Crippen LogP contribution in [0.4, 0.5) is 5.69 Å². The van der Waals surface area contributed by atoms with Gasteiger partial charge in [0.05, 0.1) is 16.8 Å². The number of hydrogen-bond acceptors (Lipinski definition) is 3. The SMILES string of the molecule is Cc1cccc(N2CCN(C(=O)c3cc(-c4ccccc4)nc4c(C)cccc34)CC2)c1C. The molecule has 1 aromatic heterocycles. The highest BCUT2D eigenvalue weighted by atomic mass is 16.2. The van der Waals surface area contributed by atoms with Crippen molar-refractivity contribution in [1.29, 1.82) is 0 Å². The van der Waals surface area contributed by atoms with E-state index in [1.807, 2.05) is 53.4 Å². The van der Waals surface area contributed by atoms with Crippen LogP contribution in [0, 0.1) is 20.8 Å². The molecule has 3 aromatic carbocycles. The van der Waals surface area contributed by atoms with E-state index in [4.69, 9.17) is 4.98 Å². The molecule has 0 unspecified atom stereocenters. The number of fused-ring (bicyclic) bond motifs is 1. The monoisotopic (exact) mass is 435 g/mol. The molecule has 2 heterocycles. The first-order valence-corrected chi connectivity index (χ1v) is 11.6. The van der Waals surface area contributed by atoms with Crippen LogP contribution >= 0.6 is 0 Å². The Labute approximate surface area is 195 Å². The van der Waals surface area contributed by atoms with Crippen LogP contribution in [0.1, 0.15) is 27.0 Å². The molecule has 0 saturated carbocycles. The highest BCUT2D eigenvalue weighted by Gasteiger charge is 2.25. The van der Waals surface area contributed by atoms with E-state index in [0.29, 0.717) is 13.1 Å². The number of carbonyl (C=O) groups is 1. The highest BCUT2D eigenvalue weighted by Crippen LogP contribution is 2.29. The van der Waals surface area contributed by atoms with E-state index in [0.717, 1.165) is 46.4 Å². The van der Waals surface area contributed by atoms with Crippen LogP contribution in [-0.2, 0) is 0 Å². The highest BCUT2D eigenvalue weighted by molar-refractivity contribution is 6.07. The summed E-state index contributed by atoms with van der Waals surface area (Å²) in [6, 6.07) is 24.6. The number of carbonyl (C=O) groups excluding carboxylic acids is 1. The number of aryl methyl sites for hydroxylation is 2. The summed E-state index contributed by atoms with van der Waals surface area (Å²) in [6.07, 6.45) is 0. The fraction of sp³-hybridized carbons (Fsp3) is 0.241. The Kier molecular flexibility index (Phi) is 5.59. The molecule has 4 heteroatoms. The smallest absolute Gasteiger partial charge is 0.254 e. The third-order valence-electron chi connectivity index (χ3n) is 6.82. The van der Waals surface area contributed by atoms with Crippen molar-refractivity contribution in [1.82, 2.24) is 9.88 Å². The summed E-state index contributed by atoms with van der Waals surface area (Å²) in [5, 5.41) is 0.927. The average molecular weight is 436 g/mol. The van der Waals surface area contributed by atoms with Crippen molar-refractivity contribution in [3.63, 3.8) is 0 Å². The van der Waals surface area contributed by atoms with Gasteiger partial charge in [-0.1, -0.05) is 60.7 Å². The van der Waals surface area contributed by atoms with Gasteiger partial charge >= 0.3 is 0 Å². The molecule has 0 spiro atoms. The molecular formula is C29H29N3O. The van der Waals surface area contributed by atoms with E-state index in [-0.39, 0.29) is 5.91 Å². The van der Waals surface area contributed by atoms with Gasteiger partial charge in [0, 0.05) is 42.8 Å². The maximum absolute atomic E-state index is 13.8. The van der Waals surface area contributed by atoms with Gasteiger partial charge in [-0.15, -0.1) is 0 Å². The Balaban J connectivity index is 1.46. The quantitative estimate of drug-likeness (QED) is 0.409. The number of anilines is 1. The van der Waals surface area contributed by atoms with Crippen molar-refractivity contribution in [3.05, 3.63) is 95.1 Å². The fourth-order valence-corrected chi connectivity index (χ4v) is 4.72. The Morgan fingerprint density at radius 1 is 0.788 bits per heavy atom. The lowest BCUT2D eigenvalue weighted by Crippen LogP contribution is -2.49.